The van der Waals surface area contributed by atoms with Gasteiger partial charge in [0, 0.05) is 11.4 Å². The smallest absolute Gasteiger partial charge is 0.335 e. The molecule has 24 heavy (non-hydrogen) atoms. The van der Waals surface area contributed by atoms with Gasteiger partial charge in [0.05, 0.1) is 5.56 Å². The number of aromatic carboxylic acids is 1. The third kappa shape index (κ3) is 4.20. The summed E-state index contributed by atoms with van der Waals surface area (Å²) in [7, 11) is 0. The van der Waals surface area contributed by atoms with Gasteiger partial charge in [0.15, 0.2) is 0 Å². The van der Waals surface area contributed by atoms with Gasteiger partial charge < -0.3 is 21.5 Å². The predicted octanol–water partition coefficient (Wildman–Crippen LogP) is 2.67. The van der Waals surface area contributed by atoms with Crippen LogP contribution >= 0.6 is 0 Å². The highest BCUT2D eigenvalue weighted by Crippen LogP contribution is 2.26. The van der Waals surface area contributed by atoms with Crippen molar-refractivity contribution in [2.24, 2.45) is 5.73 Å². The minimum atomic E-state index is -1.11. The second-order valence-corrected chi connectivity index (χ2v) is 4.86. The van der Waals surface area contributed by atoms with E-state index >= 15 is 0 Å². The van der Waals surface area contributed by atoms with E-state index in [0.717, 1.165) is 6.08 Å². The molecule has 0 fully saturated rings. The molecule has 122 valence electrons. The Kier molecular flexibility index (Phi) is 4.96. The lowest BCUT2D eigenvalue weighted by atomic mass is 10.0. The third-order valence-electron chi connectivity index (χ3n) is 3.12. The number of benzene rings is 2. The van der Waals surface area contributed by atoms with Gasteiger partial charge in [-0.3, -0.25) is 4.79 Å². The highest BCUT2D eigenvalue weighted by molar-refractivity contribution is 6.00. The zero-order chi connectivity index (χ0) is 17.7. The second-order valence-electron chi connectivity index (χ2n) is 4.86. The fraction of sp³-hybridized carbons (Fsp3) is 0. The molecule has 0 spiro atoms. The first-order valence-corrected chi connectivity index (χ1v) is 6.87. The molecule has 7 heteroatoms. The molecule has 0 aliphatic heterocycles. The van der Waals surface area contributed by atoms with Crippen LogP contribution in [0, 0.1) is 0 Å². The molecule has 2 aromatic rings. The van der Waals surface area contributed by atoms with Crippen molar-refractivity contribution in [3.05, 3.63) is 60.7 Å². The van der Waals surface area contributed by atoms with Gasteiger partial charge in [0.1, 0.15) is 0 Å². The Hall–Kier alpha value is -3.61. The van der Waals surface area contributed by atoms with E-state index in [1.807, 2.05) is 0 Å². The van der Waals surface area contributed by atoms with Crippen LogP contribution in [0.5, 0.6) is 0 Å². The number of nitrogens with one attached hydrogen (secondary N) is 2. The maximum Gasteiger partial charge on any atom is 0.335 e. The van der Waals surface area contributed by atoms with Gasteiger partial charge in [-0.25, -0.2) is 9.59 Å². The van der Waals surface area contributed by atoms with Gasteiger partial charge in [0.25, 0.3) is 0 Å². The van der Waals surface area contributed by atoms with Crippen LogP contribution in [0.2, 0.25) is 0 Å². The minimum absolute atomic E-state index is 0.0335. The van der Waals surface area contributed by atoms with Gasteiger partial charge >= 0.3 is 12.0 Å². The summed E-state index contributed by atoms with van der Waals surface area (Å²) < 4.78 is 0. The number of urea groups is 1. The molecule has 0 aliphatic carbocycles. The van der Waals surface area contributed by atoms with Crippen molar-refractivity contribution >= 4 is 29.3 Å². The monoisotopic (exact) mass is 325 g/mol. The molecule has 3 amide bonds. The molecule has 0 unspecified atom stereocenters. The molecule has 0 saturated carbocycles. The van der Waals surface area contributed by atoms with Crippen LogP contribution < -0.4 is 16.4 Å². The van der Waals surface area contributed by atoms with Crippen LogP contribution in [0.1, 0.15) is 10.4 Å². The van der Waals surface area contributed by atoms with Crippen molar-refractivity contribution in [1.29, 1.82) is 0 Å². The molecule has 2 aromatic carbocycles. The first kappa shape index (κ1) is 16.8. The van der Waals surface area contributed by atoms with E-state index < -0.39 is 17.9 Å². The van der Waals surface area contributed by atoms with Crippen molar-refractivity contribution in [3.63, 3.8) is 0 Å². The Balaban J connectivity index is 2.40. The Bertz CT molecular complexity index is 813. The van der Waals surface area contributed by atoms with E-state index in [-0.39, 0.29) is 5.56 Å². The molecular formula is C17H15N3O4. The number of primary amides is 1. The first-order valence-electron chi connectivity index (χ1n) is 6.87. The van der Waals surface area contributed by atoms with E-state index in [1.54, 1.807) is 30.3 Å². The Morgan fingerprint density at radius 1 is 0.958 bits per heavy atom. The summed E-state index contributed by atoms with van der Waals surface area (Å²) in [5, 5.41) is 14.2. The van der Waals surface area contributed by atoms with Crippen molar-refractivity contribution < 1.29 is 19.5 Å². The zero-order valence-electron chi connectivity index (χ0n) is 12.6. The van der Waals surface area contributed by atoms with Gasteiger partial charge in [-0.05, 0) is 47.5 Å². The number of carboxylic acids is 1. The molecule has 0 aromatic heterocycles. The molecule has 0 aliphatic rings. The van der Waals surface area contributed by atoms with E-state index in [9.17, 15) is 19.5 Å². The fourth-order valence-corrected chi connectivity index (χ4v) is 2.07. The van der Waals surface area contributed by atoms with Crippen molar-refractivity contribution in [3.8, 4) is 11.1 Å². The first-order chi connectivity index (χ1) is 11.4. The summed E-state index contributed by atoms with van der Waals surface area (Å²) in [4.78, 5) is 33.5. The fourth-order valence-electron chi connectivity index (χ4n) is 2.07. The Labute approximate surface area is 137 Å². The van der Waals surface area contributed by atoms with Gasteiger partial charge in [0.2, 0.25) is 5.91 Å². The molecule has 0 radical (unpaired) electrons. The molecular weight excluding hydrogens is 310 g/mol. The molecule has 5 N–H and O–H groups in total. The van der Waals surface area contributed by atoms with Crippen LogP contribution in [-0.2, 0) is 4.79 Å². The summed E-state index contributed by atoms with van der Waals surface area (Å²) in [5.41, 5.74) is 7.24. The van der Waals surface area contributed by atoms with Crippen molar-refractivity contribution in [1.82, 2.24) is 0 Å². The zero-order valence-corrected chi connectivity index (χ0v) is 12.6. The minimum Gasteiger partial charge on any atom is -0.478 e. The SMILES string of the molecule is C=CC(=O)Nc1cc(C(=O)O)cc(-c2ccc(NC(N)=O)cc2)c1. The highest BCUT2D eigenvalue weighted by atomic mass is 16.4. The number of carboxylic acid groups (broad SMARTS) is 1. The standard InChI is InChI=1S/C17H15N3O4/c1-2-15(21)19-14-8-11(7-12(9-14)16(22)23)10-3-5-13(6-4-10)20-17(18)24/h2-9H,1H2,(H,19,21)(H,22,23)(H3,18,20,24). The average molecular weight is 325 g/mol. The van der Waals surface area contributed by atoms with Crippen LogP contribution in [0.4, 0.5) is 16.2 Å². The number of hydrogen-bond acceptors (Lipinski definition) is 3. The Morgan fingerprint density at radius 2 is 1.62 bits per heavy atom. The number of carbonyl (C=O) groups is 3. The number of rotatable bonds is 5. The molecule has 0 atom stereocenters. The summed E-state index contributed by atoms with van der Waals surface area (Å²) >= 11 is 0. The number of hydrogen-bond donors (Lipinski definition) is 4. The highest BCUT2D eigenvalue weighted by Gasteiger charge is 2.10. The third-order valence-corrected chi connectivity index (χ3v) is 3.12. The summed E-state index contributed by atoms with van der Waals surface area (Å²) in [6.07, 6.45) is 1.09. The lowest BCUT2D eigenvalue weighted by molar-refractivity contribution is -0.111. The van der Waals surface area contributed by atoms with E-state index in [2.05, 4.69) is 17.2 Å². The lowest BCUT2D eigenvalue weighted by Gasteiger charge is -2.09. The number of amides is 3. The largest absolute Gasteiger partial charge is 0.478 e. The summed E-state index contributed by atoms with van der Waals surface area (Å²) in [6.45, 7) is 3.36. The average Bonchev–Trinajstić information content (AvgIpc) is 2.54. The van der Waals surface area contributed by atoms with Crippen LogP contribution in [0.3, 0.4) is 0 Å². The molecule has 0 bridgehead atoms. The molecule has 2 rings (SSSR count). The van der Waals surface area contributed by atoms with Gasteiger partial charge in [-0.1, -0.05) is 18.7 Å². The van der Waals surface area contributed by atoms with Gasteiger partial charge in [-0.15, -0.1) is 0 Å². The second kappa shape index (κ2) is 7.10. The molecule has 0 saturated heterocycles. The lowest BCUT2D eigenvalue weighted by Crippen LogP contribution is -2.19. The normalized spacial score (nSPS) is 9.83. The number of nitrogens with two attached hydrogens (primary N) is 1. The molecule has 7 nitrogen and oxygen atoms in total. The van der Waals surface area contributed by atoms with Crippen LogP contribution in [0.15, 0.2) is 55.1 Å². The van der Waals surface area contributed by atoms with Crippen molar-refractivity contribution in [2.75, 3.05) is 10.6 Å². The van der Waals surface area contributed by atoms with E-state index in [1.165, 1.54) is 12.1 Å². The van der Waals surface area contributed by atoms with Gasteiger partial charge in [-0.2, -0.15) is 0 Å². The van der Waals surface area contributed by atoms with E-state index in [0.29, 0.717) is 22.5 Å². The quantitative estimate of drug-likeness (QED) is 0.631. The topological polar surface area (TPSA) is 122 Å². The number of anilines is 2. The van der Waals surface area contributed by atoms with Crippen molar-refractivity contribution in [2.45, 2.75) is 0 Å². The van der Waals surface area contributed by atoms with Crippen LogP contribution in [0.25, 0.3) is 11.1 Å². The number of carbonyl (C=O) groups excluding carboxylic acids is 2. The summed E-state index contributed by atoms with van der Waals surface area (Å²) in [5.74, 6) is -1.55. The van der Waals surface area contributed by atoms with E-state index in [4.69, 9.17) is 5.73 Å². The van der Waals surface area contributed by atoms with Crippen LogP contribution in [-0.4, -0.2) is 23.0 Å². The Morgan fingerprint density at radius 3 is 2.17 bits per heavy atom. The summed E-state index contributed by atoms with van der Waals surface area (Å²) in [6, 6.07) is 10.5. The maximum absolute atomic E-state index is 11.4. The predicted molar refractivity (Wildman–Crippen MR) is 90.9 cm³/mol. The molecule has 0 heterocycles. The maximum atomic E-state index is 11.4.